The first-order valence-corrected chi connectivity index (χ1v) is 6.16. The number of hydrogen-bond acceptors (Lipinski definition) is 2. The Labute approximate surface area is 99.2 Å². The Morgan fingerprint density at radius 2 is 1.75 bits per heavy atom. The summed E-state index contributed by atoms with van der Waals surface area (Å²) in [6.07, 6.45) is 0.191. The van der Waals surface area contributed by atoms with E-state index in [1.807, 2.05) is 6.07 Å². The molecule has 1 unspecified atom stereocenters. The van der Waals surface area contributed by atoms with Crippen LogP contribution in [0.5, 0.6) is 0 Å². The molecule has 0 bridgehead atoms. The molecular formula is C14H23NO. The number of benzene rings is 1. The predicted octanol–water partition coefficient (Wildman–Crippen LogP) is 3.11. The molecule has 0 saturated heterocycles. The standard InChI is InChI=1S/C14H23NO/c1-4-15(5-2)11-12-16-13(3)14-9-7-6-8-10-14/h6-10,13H,4-5,11-12H2,1-3H3. The Balaban J connectivity index is 2.28. The van der Waals surface area contributed by atoms with E-state index in [9.17, 15) is 0 Å². The minimum absolute atomic E-state index is 0.191. The summed E-state index contributed by atoms with van der Waals surface area (Å²) in [6.45, 7) is 10.5. The lowest BCUT2D eigenvalue weighted by Crippen LogP contribution is -2.27. The maximum absolute atomic E-state index is 5.82. The molecule has 0 amide bonds. The maximum Gasteiger partial charge on any atom is 0.0797 e. The zero-order valence-electron chi connectivity index (χ0n) is 10.6. The van der Waals surface area contributed by atoms with Gasteiger partial charge in [-0.15, -0.1) is 0 Å². The third kappa shape index (κ3) is 4.33. The monoisotopic (exact) mass is 221 g/mol. The third-order valence-electron chi connectivity index (χ3n) is 2.94. The highest BCUT2D eigenvalue weighted by Gasteiger charge is 2.05. The van der Waals surface area contributed by atoms with Gasteiger partial charge in [0.05, 0.1) is 12.7 Å². The molecule has 1 aromatic rings. The van der Waals surface area contributed by atoms with E-state index < -0.39 is 0 Å². The molecule has 0 N–H and O–H groups in total. The zero-order chi connectivity index (χ0) is 11.8. The molecule has 0 heterocycles. The van der Waals surface area contributed by atoms with Crippen molar-refractivity contribution in [3.63, 3.8) is 0 Å². The average molecular weight is 221 g/mol. The van der Waals surface area contributed by atoms with Crippen LogP contribution in [0, 0.1) is 0 Å². The third-order valence-corrected chi connectivity index (χ3v) is 2.94. The molecule has 0 spiro atoms. The Morgan fingerprint density at radius 1 is 1.12 bits per heavy atom. The minimum Gasteiger partial charge on any atom is -0.372 e. The number of rotatable bonds is 7. The quantitative estimate of drug-likeness (QED) is 0.701. The van der Waals surface area contributed by atoms with E-state index >= 15 is 0 Å². The summed E-state index contributed by atoms with van der Waals surface area (Å²) < 4.78 is 5.82. The van der Waals surface area contributed by atoms with Crippen LogP contribution in [0.4, 0.5) is 0 Å². The fourth-order valence-corrected chi connectivity index (χ4v) is 1.72. The second kappa shape index (κ2) is 7.42. The maximum atomic E-state index is 5.82. The van der Waals surface area contributed by atoms with Gasteiger partial charge in [0.2, 0.25) is 0 Å². The van der Waals surface area contributed by atoms with Gasteiger partial charge in [-0.3, -0.25) is 0 Å². The summed E-state index contributed by atoms with van der Waals surface area (Å²) >= 11 is 0. The highest BCUT2D eigenvalue weighted by atomic mass is 16.5. The highest BCUT2D eigenvalue weighted by Crippen LogP contribution is 2.15. The van der Waals surface area contributed by atoms with E-state index in [0.717, 1.165) is 26.2 Å². The molecule has 90 valence electrons. The van der Waals surface area contributed by atoms with E-state index in [1.54, 1.807) is 0 Å². The van der Waals surface area contributed by atoms with Crippen LogP contribution in [-0.4, -0.2) is 31.1 Å². The SMILES string of the molecule is CCN(CC)CCOC(C)c1ccccc1. The van der Waals surface area contributed by atoms with E-state index in [0.29, 0.717) is 0 Å². The van der Waals surface area contributed by atoms with Crippen LogP contribution in [0.3, 0.4) is 0 Å². The highest BCUT2D eigenvalue weighted by molar-refractivity contribution is 5.16. The Morgan fingerprint density at radius 3 is 2.31 bits per heavy atom. The second-order valence-electron chi connectivity index (χ2n) is 3.95. The lowest BCUT2D eigenvalue weighted by molar-refractivity contribution is 0.0495. The van der Waals surface area contributed by atoms with Crippen molar-refractivity contribution in [2.24, 2.45) is 0 Å². The van der Waals surface area contributed by atoms with Crippen molar-refractivity contribution in [1.82, 2.24) is 4.90 Å². The average Bonchev–Trinajstić information content (AvgIpc) is 2.35. The van der Waals surface area contributed by atoms with Gasteiger partial charge < -0.3 is 9.64 Å². The van der Waals surface area contributed by atoms with Crippen molar-refractivity contribution in [3.05, 3.63) is 35.9 Å². The van der Waals surface area contributed by atoms with Crippen LogP contribution in [0.2, 0.25) is 0 Å². The number of hydrogen-bond donors (Lipinski definition) is 0. The number of nitrogens with zero attached hydrogens (tertiary/aromatic N) is 1. The van der Waals surface area contributed by atoms with Crippen molar-refractivity contribution < 1.29 is 4.74 Å². The first-order chi connectivity index (χ1) is 7.77. The van der Waals surface area contributed by atoms with Crippen LogP contribution in [0.1, 0.15) is 32.4 Å². The Bertz CT molecular complexity index is 269. The largest absolute Gasteiger partial charge is 0.372 e. The van der Waals surface area contributed by atoms with Crippen molar-refractivity contribution in [2.45, 2.75) is 26.9 Å². The molecule has 16 heavy (non-hydrogen) atoms. The first-order valence-electron chi connectivity index (χ1n) is 6.16. The molecular weight excluding hydrogens is 198 g/mol. The minimum atomic E-state index is 0.191. The fourth-order valence-electron chi connectivity index (χ4n) is 1.72. The van der Waals surface area contributed by atoms with Gasteiger partial charge in [-0.1, -0.05) is 44.2 Å². The van der Waals surface area contributed by atoms with Crippen LogP contribution >= 0.6 is 0 Å². The Hall–Kier alpha value is -0.860. The van der Waals surface area contributed by atoms with Crippen LogP contribution < -0.4 is 0 Å². The molecule has 0 aliphatic carbocycles. The van der Waals surface area contributed by atoms with Crippen LogP contribution in [0.25, 0.3) is 0 Å². The van der Waals surface area contributed by atoms with Gasteiger partial charge in [0, 0.05) is 6.54 Å². The van der Waals surface area contributed by atoms with Gasteiger partial charge in [0.1, 0.15) is 0 Å². The summed E-state index contributed by atoms with van der Waals surface area (Å²) in [5.41, 5.74) is 1.25. The topological polar surface area (TPSA) is 12.5 Å². The molecule has 0 fully saturated rings. The molecule has 0 aliphatic heterocycles. The van der Waals surface area contributed by atoms with Gasteiger partial charge in [0.15, 0.2) is 0 Å². The zero-order valence-corrected chi connectivity index (χ0v) is 10.6. The van der Waals surface area contributed by atoms with E-state index in [4.69, 9.17) is 4.74 Å². The molecule has 2 heteroatoms. The predicted molar refractivity (Wildman–Crippen MR) is 68.6 cm³/mol. The summed E-state index contributed by atoms with van der Waals surface area (Å²) in [6, 6.07) is 10.4. The normalized spacial score (nSPS) is 13.0. The molecule has 1 atom stereocenters. The van der Waals surface area contributed by atoms with Crippen molar-refractivity contribution >= 4 is 0 Å². The lowest BCUT2D eigenvalue weighted by atomic mass is 10.1. The molecule has 0 aromatic heterocycles. The fraction of sp³-hybridized carbons (Fsp3) is 0.571. The lowest BCUT2D eigenvalue weighted by Gasteiger charge is -2.20. The smallest absolute Gasteiger partial charge is 0.0797 e. The summed E-state index contributed by atoms with van der Waals surface area (Å²) in [5.74, 6) is 0. The van der Waals surface area contributed by atoms with Crippen LogP contribution in [-0.2, 0) is 4.74 Å². The van der Waals surface area contributed by atoms with Gasteiger partial charge >= 0.3 is 0 Å². The van der Waals surface area contributed by atoms with Crippen LogP contribution in [0.15, 0.2) is 30.3 Å². The molecule has 0 radical (unpaired) electrons. The molecule has 0 saturated carbocycles. The van der Waals surface area contributed by atoms with Crippen molar-refractivity contribution in [3.8, 4) is 0 Å². The van der Waals surface area contributed by atoms with E-state index in [2.05, 4.69) is 49.9 Å². The van der Waals surface area contributed by atoms with E-state index in [1.165, 1.54) is 5.56 Å². The van der Waals surface area contributed by atoms with Crippen molar-refractivity contribution in [2.75, 3.05) is 26.2 Å². The van der Waals surface area contributed by atoms with Gasteiger partial charge in [-0.2, -0.15) is 0 Å². The number of likely N-dealkylation sites (N-methyl/N-ethyl adjacent to an activating group) is 1. The van der Waals surface area contributed by atoms with E-state index in [-0.39, 0.29) is 6.10 Å². The summed E-state index contributed by atoms with van der Waals surface area (Å²) in [5, 5.41) is 0. The Kier molecular flexibility index (Phi) is 6.12. The first kappa shape index (κ1) is 13.2. The number of ether oxygens (including phenoxy) is 1. The van der Waals surface area contributed by atoms with Gasteiger partial charge in [-0.05, 0) is 25.6 Å². The van der Waals surface area contributed by atoms with Gasteiger partial charge in [-0.25, -0.2) is 0 Å². The summed E-state index contributed by atoms with van der Waals surface area (Å²) in [4.78, 5) is 2.37. The molecule has 2 nitrogen and oxygen atoms in total. The van der Waals surface area contributed by atoms with Gasteiger partial charge in [0.25, 0.3) is 0 Å². The van der Waals surface area contributed by atoms with Crippen molar-refractivity contribution in [1.29, 1.82) is 0 Å². The molecule has 1 rings (SSSR count). The second-order valence-corrected chi connectivity index (χ2v) is 3.95. The molecule has 1 aromatic carbocycles. The molecule has 0 aliphatic rings. The summed E-state index contributed by atoms with van der Waals surface area (Å²) in [7, 11) is 0.